The lowest BCUT2D eigenvalue weighted by Crippen LogP contribution is -2.13. The smallest absolute Gasteiger partial charge is 0.0209 e. The van der Waals surface area contributed by atoms with Gasteiger partial charge in [0.1, 0.15) is 0 Å². The summed E-state index contributed by atoms with van der Waals surface area (Å²) >= 11 is 0. The molecular formula is C15H29P. The van der Waals surface area contributed by atoms with E-state index >= 15 is 0 Å². The fourth-order valence-electron chi connectivity index (χ4n) is 3.44. The van der Waals surface area contributed by atoms with Gasteiger partial charge in [-0.2, -0.15) is 0 Å². The van der Waals surface area contributed by atoms with E-state index in [4.69, 9.17) is 0 Å². The minimum absolute atomic E-state index is 0.438. The minimum Gasteiger partial charge on any atom is -0.104 e. The van der Waals surface area contributed by atoms with Crippen molar-refractivity contribution in [2.75, 3.05) is 12.3 Å². The minimum atomic E-state index is 0.438. The van der Waals surface area contributed by atoms with Crippen molar-refractivity contribution < 1.29 is 0 Å². The Morgan fingerprint density at radius 1 is 0.500 bits per heavy atom. The van der Waals surface area contributed by atoms with E-state index in [1.54, 1.807) is 50.8 Å². The Morgan fingerprint density at radius 2 is 0.938 bits per heavy atom. The Bertz CT molecular complexity index is 142. The Labute approximate surface area is 103 Å². The van der Waals surface area contributed by atoms with Crippen LogP contribution < -0.4 is 0 Å². The van der Waals surface area contributed by atoms with Crippen molar-refractivity contribution in [2.24, 2.45) is 0 Å². The Hall–Kier alpha value is 0.430. The quantitative estimate of drug-likeness (QED) is 0.527. The van der Waals surface area contributed by atoms with Crippen LogP contribution in [0.2, 0.25) is 0 Å². The zero-order chi connectivity index (χ0) is 11.1. The summed E-state index contributed by atoms with van der Waals surface area (Å²) in [5, 5.41) is 0. The third-order valence-corrected chi connectivity index (χ3v) is 7.81. The van der Waals surface area contributed by atoms with Crippen LogP contribution >= 0.6 is 7.92 Å². The van der Waals surface area contributed by atoms with Crippen LogP contribution in [0.25, 0.3) is 0 Å². The van der Waals surface area contributed by atoms with Crippen molar-refractivity contribution in [3.63, 3.8) is 0 Å². The van der Waals surface area contributed by atoms with Crippen molar-refractivity contribution in [3.05, 3.63) is 0 Å². The van der Waals surface area contributed by atoms with E-state index in [9.17, 15) is 0 Å². The van der Waals surface area contributed by atoms with E-state index in [1.165, 1.54) is 44.2 Å². The molecule has 16 heavy (non-hydrogen) atoms. The van der Waals surface area contributed by atoms with Crippen LogP contribution in [-0.4, -0.2) is 18.0 Å². The highest BCUT2D eigenvalue weighted by Crippen LogP contribution is 2.49. The molecule has 2 fully saturated rings. The lowest BCUT2D eigenvalue weighted by molar-refractivity contribution is 0.506. The SMILES string of the molecule is C1CCCC(P2CCCCCCC2)CCC1. The molecule has 1 aliphatic heterocycles. The molecule has 1 saturated carbocycles. The molecule has 0 amide bonds. The van der Waals surface area contributed by atoms with Crippen LogP contribution in [0.5, 0.6) is 0 Å². The van der Waals surface area contributed by atoms with Crippen molar-refractivity contribution >= 4 is 7.92 Å². The average Bonchev–Trinajstić information content (AvgIpc) is 2.18. The maximum Gasteiger partial charge on any atom is -0.0209 e. The first-order chi connectivity index (χ1) is 7.97. The summed E-state index contributed by atoms with van der Waals surface area (Å²) in [6, 6.07) is 0. The fraction of sp³-hybridized carbons (Fsp3) is 1.00. The Kier molecular flexibility index (Phi) is 6.19. The summed E-state index contributed by atoms with van der Waals surface area (Å²) in [6.07, 6.45) is 21.8. The molecule has 1 heterocycles. The Balaban J connectivity index is 1.81. The van der Waals surface area contributed by atoms with E-state index < -0.39 is 0 Å². The average molecular weight is 240 g/mol. The molecule has 0 nitrogen and oxygen atoms in total. The predicted octanol–water partition coefficient (Wildman–Crippen LogP) is 5.55. The topological polar surface area (TPSA) is 0 Å². The molecule has 2 aliphatic rings. The van der Waals surface area contributed by atoms with Gasteiger partial charge < -0.3 is 0 Å². The molecule has 0 unspecified atom stereocenters. The van der Waals surface area contributed by atoms with Crippen LogP contribution in [0, 0.1) is 0 Å². The summed E-state index contributed by atoms with van der Waals surface area (Å²) < 4.78 is 0. The molecule has 0 N–H and O–H groups in total. The first-order valence-corrected chi connectivity index (χ1v) is 9.49. The van der Waals surface area contributed by atoms with E-state index in [0.29, 0.717) is 7.92 Å². The fourth-order valence-corrected chi connectivity index (χ4v) is 6.75. The highest BCUT2D eigenvalue weighted by Gasteiger charge is 2.21. The summed E-state index contributed by atoms with van der Waals surface area (Å²) in [6.45, 7) is 0. The summed E-state index contributed by atoms with van der Waals surface area (Å²) in [5.74, 6) is 0. The molecule has 0 aromatic carbocycles. The summed E-state index contributed by atoms with van der Waals surface area (Å²) in [4.78, 5) is 0. The van der Waals surface area contributed by atoms with Gasteiger partial charge in [0.25, 0.3) is 0 Å². The number of hydrogen-bond donors (Lipinski definition) is 0. The van der Waals surface area contributed by atoms with Gasteiger partial charge in [0, 0.05) is 0 Å². The van der Waals surface area contributed by atoms with Gasteiger partial charge in [-0.15, -0.1) is 7.92 Å². The van der Waals surface area contributed by atoms with E-state index in [-0.39, 0.29) is 0 Å². The molecule has 0 aromatic heterocycles. The van der Waals surface area contributed by atoms with E-state index in [2.05, 4.69) is 0 Å². The molecule has 0 aromatic rings. The van der Waals surface area contributed by atoms with Gasteiger partial charge in [-0.05, 0) is 43.7 Å². The second-order valence-electron chi connectivity index (χ2n) is 5.80. The zero-order valence-corrected chi connectivity index (χ0v) is 11.8. The molecule has 0 bridgehead atoms. The van der Waals surface area contributed by atoms with Gasteiger partial charge in [0.05, 0.1) is 0 Å². The summed E-state index contributed by atoms with van der Waals surface area (Å²) in [7, 11) is 0.438. The number of hydrogen-bond acceptors (Lipinski definition) is 0. The molecule has 2 rings (SSSR count). The lowest BCUT2D eigenvalue weighted by atomic mass is 10.0. The molecule has 1 saturated heterocycles. The molecule has 0 radical (unpaired) electrons. The summed E-state index contributed by atoms with van der Waals surface area (Å²) in [5.41, 5.74) is 1.17. The van der Waals surface area contributed by atoms with Crippen LogP contribution in [0.4, 0.5) is 0 Å². The van der Waals surface area contributed by atoms with Crippen LogP contribution in [0.1, 0.15) is 77.0 Å². The van der Waals surface area contributed by atoms with Crippen LogP contribution in [0.3, 0.4) is 0 Å². The predicted molar refractivity (Wildman–Crippen MR) is 75.8 cm³/mol. The van der Waals surface area contributed by atoms with Crippen LogP contribution in [-0.2, 0) is 0 Å². The zero-order valence-electron chi connectivity index (χ0n) is 10.9. The maximum absolute atomic E-state index is 1.62. The normalized spacial score (nSPS) is 27.8. The van der Waals surface area contributed by atoms with Gasteiger partial charge in [0.2, 0.25) is 0 Å². The highest BCUT2D eigenvalue weighted by atomic mass is 31.1. The second kappa shape index (κ2) is 7.70. The highest BCUT2D eigenvalue weighted by molar-refractivity contribution is 7.58. The van der Waals surface area contributed by atoms with Crippen molar-refractivity contribution in [3.8, 4) is 0 Å². The first kappa shape index (κ1) is 12.9. The van der Waals surface area contributed by atoms with Crippen molar-refractivity contribution in [1.82, 2.24) is 0 Å². The molecule has 94 valence electrons. The number of rotatable bonds is 1. The monoisotopic (exact) mass is 240 g/mol. The van der Waals surface area contributed by atoms with Crippen LogP contribution in [0.15, 0.2) is 0 Å². The van der Waals surface area contributed by atoms with Gasteiger partial charge in [0.15, 0.2) is 0 Å². The van der Waals surface area contributed by atoms with E-state index in [0.717, 1.165) is 0 Å². The molecule has 0 spiro atoms. The Morgan fingerprint density at radius 3 is 1.50 bits per heavy atom. The molecule has 1 heteroatoms. The largest absolute Gasteiger partial charge is 0.104 e. The molecular weight excluding hydrogens is 211 g/mol. The van der Waals surface area contributed by atoms with Gasteiger partial charge in [-0.3, -0.25) is 0 Å². The molecule has 0 atom stereocenters. The standard InChI is InChI=1S/C15H29P/c1-3-7-11-15(12-8-4-1)16-13-9-5-2-6-10-14-16/h15H,1-14H2. The lowest BCUT2D eigenvalue weighted by Gasteiger charge is -2.30. The maximum atomic E-state index is 1.62. The van der Waals surface area contributed by atoms with Gasteiger partial charge in [-0.25, -0.2) is 0 Å². The third kappa shape index (κ3) is 4.36. The van der Waals surface area contributed by atoms with Gasteiger partial charge in [-0.1, -0.05) is 51.4 Å². The second-order valence-corrected chi connectivity index (χ2v) is 8.60. The van der Waals surface area contributed by atoms with E-state index in [1.807, 2.05) is 0 Å². The first-order valence-electron chi connectivity index (χ1n) is 7.71. The van der Waals surface area contributed by atoms with Gasteiger partial charge >= 0.3 is 0 Å². The molecule has 1 aliphatic carbocycles. The van der Waals surface area contributed by atoms with Crippen molar-refractivity contribution in [2.45, 2.75) is 82.7 Å². The van der Waals surface area contributed by atoms with Crippen molar-refractivity contribution in [1.29, 1.82) is 0 Å². The third-order valence-electron chi connectivity index (χ3n) is 4.48.